The first kappa shape index (κ1) is 9.98. The monoisotopic (exact) mass is 247 g/mol. The zero-order valence-electron chi connectivity index (χ0n) is 8.44. The summed E-state index contributed by atoms with van der Waals surface area (Å²) >= 11 is 5.81. The van der Waals surface area contributed by atoms with Crippen LogP contribution in [0.2, 0.25) is 5.02 Å². The SMILES string of the molecule is O=c1[nH]nc(-c2ccc(Cl)cc2)c2n[nH]nc12. The highest BCUT2D eigenvalue weighted by atomic mass is 35.5. The Morgan fingerprint density at radius 2 is 1.71 bits per heavy atom. The molecule has 2 heterocycles. The summed E-state index contributed by atoms with van der Waals surface area (Å²) in [5, 5.41) is 17.1. The lowest BCUT2D eigenvalue weighted by Gasteiger charge is -1.99. The van der Waals surface area contributed by atoms with Gasteiger partial charge in [-0.15, -0.1) is 0 Å². The second kappa shape index (κ2) is 3.67. The first-order chi connectivity index (χ1) is 8.25. The average molecular weight is 248 g/mol. The van der Waals surface area contributed by atoms with E-state index in [4.69, 9.17) is 11.6 Å². The van der Waals surface area contributed by atoms with E-state index >= 15 is 0 Å². The molecule has 0 radical (unpaired) electrons. The zero-order chi connectivity index (χ0) is 11.8. The Labute approximate surface area is 99.6 Å². The molecule has 0 atom stereocenters. The van der Waals surface area contributed by atoms with Crippen LogP contribution in [0.1, 0.15) is 0 Å². The molecule has 3 rings (SSSR count). The van der Waals surface area contributed by atoms with Crippen molar-refractivity contribution < 1.29 is 0 Å². The van der Waals surface area contributed by atoms with Crippen LogP contribution < -0.4 is 5.56 Å². The first-order valence-electron chi connectivity index (χ1n) is 4.81. The summed E-state index contributed by atoms with van der Waals surface area (Å²) in [6.45, 7) is 0. The minimum Gasteiger partial charge on any atom is -0.265 e. The third kappa shape index (κ3) is 1.58. The quantitative estimate of drug-likeness (QED) is 0.680. The van der Waals surface area contributed by atoms with Crippen LogP contribution in [0.5, 0.6) is 0 Å². The molecule has 0 aliphatic carbocycles. The normalized spacial score (nSPS) is 10.9. The van der Waals surface area contributed by atoms with Crippen molar-refractivity contribution in [2.45, 2.75) is 0 Å². The predicted molar refractivity (Wildman–Crippen MR) is 62.8 cm³/mol. The molecule has 7 heteroatoms. The van der Waals surface area contributed by atoms with Gasteiger partial charge in [0.25, 0.3) is 5.56 Å². The summed E-state index contributed by atoms with van der Waals surface area (Å²) < 4.78 is 0. The molecule has 2 aromatic heterocycles. The lowest BCUT2D eigenvalue weighted by Crippen LogP contribution is -2.09. The van der Waals surface area contributed by atoms with E-state index in [9.17, 15) is 4.79 Å². The van der Waals surface area contributed by atoms with Crippen molar-refractivity contribution in [3.05, 3.63) is 39.6 Å². The van der Waals surface area contributed by atoms with Crippen LogP contribution in [0, 0.1) is 0 Å². The Bertz CT molecular complexity index is 730. The van der Waals surface area contributed by atoms with E-state index in [1.165, 1.54) is 0 Å². The Kier molecular flexibility index (Phi) is 2.15. The van der Waals surface area contributed by atoms with E-state index in [1.807, 2.05) is 0 Å². The van der Waals surface area contributed by atoms with Gasteiger partial charge in [-0.25, -0.2) is 5.10 Å². The van der Waals surface area contributed by atoms with Crippen LogP contribution >= 0.6 is 11.6 Å². The molecule has 3 aromatic rings. The van der Waals surface area contributed by atoms with E-state index in [0.29, 0.717) is 16.2 Å². The molecule has 84 valence electrons. The minimum atomic E-state index is -0.369. The molecular formula is C10H6ClN5O. The summed E-state index contributed by atoms with van der Waals surface area (Å²) in [5.41, 5.74) is 1.68. The molecule has 0 aliphatic rings. The number of fused-ring (bicyclic) bond motifs is 1. The topological polar surface area (TPSA) is 87.3 Å². The van der Waals surface area contributed by atoms with Gasteiger partial charge in [0.2, 0.25) is 0 Å². The maximum absolute atomic E-state index is 11.4. The van der Waals surface area contributed by atoms with Crippen molar-refractivity contribution >= 4 is 22.6 Å². The van der Waals surface area contributed by atoms with Gasteiger partial charge in [0.05, 0.1) is 0 Å². The molecule has 0 saturated carbocycles. The lowest BCUT2D eigenvalue weighted by molar-refractivity contribution is 0.957. The van der Waals surface area contributed by atoms with Crippen molar-refractivity contribution in [3.8, 4) is 11.3 Å². The summed E-state index contributed by atoms with van der Waals surface area (Å²) in [4.78, 5) is 11.4. The number of aromatic nitrogens is 5. The number of halogens is 1. The van der Waals surface area contributed by atoms with Crippen LogP contribution in [0.15, 0.2) is 29.1 Å². The van der Waals surface area contributed by atoms with Gasteiger partial charge in [0.1, 0.15) is 11.2 Å². The highest BCUT2D eigenvalue weighted by Gasteiger charge is 2.11. The van der Waals surface area contributed by atoms with Crippen molar-refractivity contribution in [2.75, 3.05) is 0 Å². The molecule has 0 spiro atoms. The molecule has 0 bridgehead atoms. The summed E-state index contributed by atoms with van der Waals surface area (Å²) in [7, 11) is 0. The van der Waals surface area contributed by atoms with Crippen LogP contribution in [-0.4, -0.2) is 25.6 Å². The molecule has 0 fully saturated rings. The number of H-pyrrole nitrogens is 2. The number of hydrogen-bond acceptors (Lipinski definition) is 4. The van der Waals surface area contributed by atoms with E-state index in [-0.39, 0.29) is 11.1 Å². The second-order valence-electron chi connectivity index (χ2n) is 3.43. The summed E-state index contributed by atoms with van der Waals surface area (Å²) in [6.07, 6.45) is 0. The van der Waals surface area contributed by atoms with Crippen molar-refractivity contribution in [2.24, 2.45) is 0 Å². The average Bonchev–Trinajstić information content (AvgIpc) is 2.81. The van der Waals surface area contributed by atoms with Gasteiger partial charge in [-0.1, -0.05) is 23.7 Å². The minimum absolute atomic E-state index is 0.241. The summed E-state index contributed by atoms with van der Waals surface area (Å²) in [5.74, 6) is 0. The Balaban J connectivity index is 2.31. The fourth-order valence-corrected chi connectivity index (χ4v) is 1.70. The molecule has 2 N–H and O–H groups in total. The van der Waals surface area contributed by atoms with Crippen LogP contribution in [0.4, 0.5) is 0 Å². The highest BCUT2D eigenvalue weighted by molar-refractivity contribution is 6.30. The number of nitrogens with zero attached hydrogens (tertiary/aromatic N) is 3. The number of aromatic amines is 2. The van der Waals surface area contributed by atoms with Crippen LogP contribution in [0.25, 0.3) is 22.3 Å². The number of nitrogens with one attached hydrogen (secondary N) is 2. The van der Waals surface area contributed by atoms with Crippen molar-refractivity contribution in [1.82, 2.24) is 25.6 Å². The van der Waals surface area contributed by atoms with Crippen LogP contribution in [0.3, 0.4) is 0 Å². The molecule has 6 nitrogen and oxygen atoms in total. The number of benzene rings is 1. The van der Waals surface area contributed by atoms with Crippen molar-refractivity contribution in [3.63, 3.8) is 0 Å². The van der Waals surface area contributed by atoms with Gasteiger partial charge in [0, 0.05) is 10.6 Å². The van der Waals surface area contributed by atoms with E-state index in [0.717, 1.165) is 5.56 Å². The maximum Gasteiger partial charge on any atom is 0.294 e. The Morgan fingerprint density at radius 1 is 1.00 bits per heavy atom. The standard InChI is InChI=1S/C10H6ClN5O/c11-6-3-1-5(2-4-6)7-8-9(14-16-13-8)10(17)15-12-7/h1-4H,(H,15,17)(H,13,14,16). The van der Waals surface area contributed by atoms with Crippen molar-refractivity contribution in [1.29, 1.82) is 0 Å². The lowest BCUT2D eigenvalue weighted by atomic mass is 10.1. The van der Waals surface area contributed by atoms with Crippen LogP contribution in [-0.2, 0) is 0 Å². The molecule has 1 aromatic carbocycles. The molecule has 0 aliphatic heterocycles. The first-order valence-corrected chi connectivity index (χ1v) is 5.18. The van der Waals surface area contributed by atoms with Gasteiger partial charge in [-0.3, -0.25) is 4.79 Å². The molecule has 0 saturated heterocycles. The zero-order valence-corrected chi connectivity index (χ0v) is 9.19. The van der Waals surface area contributed by atoms with E-state index in [2.05, 4.69) is 25.6 Å². The highest BCUT2D eigenvalue weighted by Crippen LogP contribution is 2.22. The molecular weight excluding hydrogens is 242 g/mol. The van der Waals surface area contributed by atoms with Gasteiger partial charge >= 0.3 is 0 Å². The van der Waals surface area contributed by atoms with E-state index in [1.54, 1.807) is 24.3 Å². The maximum atomic E-state index is 11.4. The van der Waals surface area contributed by atoms with Gasteiger partial charge in [0.15, 0.2) is 5.52 Å². The number of hydrogen-bond donors (Lipinski definition) is 2. The number of rotatable bonds is 1. The Hall–Kier alpha value is -2.21. The molecule has 17 heavy (non-hydrogen) atoms. The third-order valence-corrected chi connectivity index (χ3v) is 2.63. The smallest absolute Gasteiger partial charge is 0.265 e. The fraction of sp³-hybridized carbons (Fsp3) is 0. The molecule has 0 unspecified atom stereocenters. The summed E-state index contributed by atoms with van der Waals surface area (Å²) in [6, 6.07) is 7.10. The predicted octanol–water partition coefficient (Wildman–Crippen LogP) is 1.36. The fourth-order valence-electron chi connectivity index (χ4n) is 1.58. The third-order valence-electron chi connectivity index (χ3n) is 2.37. The molecule has 0 amide bonds. The Morgan fingerprint density at radius 3 is 2.47 bits per heavy atom. The van der Waals surface area contributed by atoms with Gasteiger partial charge < -0.3 is 0 Å². The largest absolute Gasteiger partial charge is 0.294 e. The van der Waals surface area contributed by atoms with Gasteiger partial charge in [-0.2, -0.15) is 20.5 Å². The second-order valence-corrected chi connectivity index (χ2v) is 3.87. The van der Waals surface area contributed by atoms with E-state index < -0.39 is 0 Å². The van der Waals surface area contributed by atoms with Gasteiger partial charge in [-0.05, 0) is 12.1 Å².